The Kier molecular flexibility index (Phi) is 14.4. The number of thioether (sulfide) groups is 1. The van der Waals surface area contributed by atoms with Crippen LogP contribution in [0, 0.1) is 20.8 Å². The van der Waals surface area contributed by atoms with Crippen LogP contribution in [-0.2, 0) is 20.7 Å². The van der Waals surface area contributed by atoms with Gasteiger partial charge < -0.3 is 0 Å². The van der Waals surface area contributed by atoms with Crippen LogP contribution >= 0.6 is 11.8 Å². The highest BCUT2D eigenvalue weighted by atomic mass is 32.3. The van der Waals surface area contributed by atoms with Crippen LogP contribution in [0.1, 0.15) is 59.9 Å². The van der Waals surface area contributed by atoms with Gasteiger partial charge in [0.05, 0.1) is 4.90 Å². The van der Waals surface area contributed by atoms with E-state index in [9.17, 15) is 8.42 Å². The molecule has 0 aliphatic carbocycles. The number of benzene rings is 1. The Morgan fingerprint density at radius 3 is 1.77 bits per heavy atom. The van der Waals surface area contributed by atoms with Gasteiger partial charge in [0.15, 0.2) is 0 Å². The van der Waals surface area contributed by atoms with Gasteiger partial charge in [-0.2, -0.15) is 20.2 Å². The molecule has 0 aliphatic rings. The fourth-order valence-corrected chi connectivity index (χ4v) is 6.27. The normalized spacial score (nSPS) is 13.3. The van der Waals surface area contributed by atoms with E-state index in [-0.39, 0.29) is 26.0 Å². The number of nitrogens with zero attached hydrogens (tertiary/aromatic N) is 3. The molecule has 0 N–H and O–H groups in total. The topological polar surface area (TPSA) is 72.3 Å². The van der Waals surface area contributed by atoms with Crippen molar-refractivity contribution >= 4 is 40.9 Å². The molecule has 0 fully saturated rings. The van der Waals surface area contributed by atoms with Gasteiger partial charge in [-0.25, -0.2) is 0 Å². The SMILES string of the molecule is C.CSC(C)c1ccc(C)nc1.Cc1ccc(S(=O)(=O)N=S(C)C(C)c2ccc(C)nc2)cc1.[B]. The highest BCUT2D eigenvalue weighted by Gasteiger charge is 2.16. The van der Waals surface area contributed by atoms with Crippen LogP contribution in [0.25, 0.3) is 0 Å². The maximum absolute atomic E-state index is 12.4. The molecule has 189 valence electrons. The molecule has 0 aliphatic heterocycles. The molecule has 0 saturated carbocycles. The molecule has 5 nitrogen and oxygen atoms in total. The van der Waals surface area contributed by atoms with Crippen molar-refractivity contribution < 1.29 is 8.42 Å². The number of hydrogen-bond donors (Lipinski definition) is 0. The quantitative estimate of drug-likeness (QED) is 0.334. The molecule has 0 amide bonds. The maximum Gasteiger partial charge on any atom is 0.287 e. The number of rotatable bonds is 6. The smallest absolute Gasteiger partial charge is 0.261 e. The van der Waals surface area contributed by atoms with Crippen molar-refractivity contribution in [3.05, 3.63) is 89.0 Å². The standard InChI is InChI=1S/C16H20N2O2S2.C9H13NS.CH4.B/c1-12-5-9-16(10-6-12)22(19,20)18-21(4)14(3)15-8-7-13(2)17-11-15;1-7-4-5-9(6-10-7)8(2)11-3;;/h5-11,14H,1-4H3;4-6,8H,1-3H3;1H4;. The predicted molar refractivity (Wildman–Crippen MR) is 155 cm³/mol. The monoisotopic (exact) mass is 530 g/mol. The summed E-state index contributed by atoms with van der Waals surface area (Å²) in [6.45, 7) is 10.0. The summed E-state index contributed by atoms with van der Waals surface area (Å²) in [6, 6.07) is 14.9. The van der Waals surface area contributed by atoms with Gasteiger partial charge >= 0.3 is 0 Å². The molecule has 0 bridgehead atoms. The highest BCUT2D eigenvalue weighted by molar-refractivity contribution is 8.00. The molecule has 0 spiro atoms. The van der Waals surface area contributed by atoms with Gasteiger partial charge in [0.1, 0.15) is 0 Å². The van der Waals surface area contributed by atoms with Crippen molar-refractivity contribution in [2.75, 3.05) is 12.5 Å². The number of pyridine rings is 2. The van der Waals surface area contributed by atoms with E-state index in [1.165, 1.54) is 5.56 Å². The van der Waals surface area contributed by atoms with Crippen LogP contribution in [0.15, 0.2) is 69.6 Å². The van der Waals surface area contributed by atoms with Gasteiger partial charge in [-0.05, 0) is 82.5 Å². The second-order valence-corrected chi connectivity index (χ2v) is 12.8. The van der Waals surface area contributed by atoms with E-state index < -0.39 is 20.7 Å². The lowest BCUT2D eigenvalue weighted by Crippen LogP contribution is -2.05. The number of sulfonamides is 1. The number of aryl methyl sites for hydroxylation is 3. The summed E-state index contributed by atoms with van der Waals surface area (Å²) in [7, 11) is -4.27. The van der Waals surface area contributed by atoms with Crippen molar-refractivity contribution in [3.63, 3.8) is 0 Å². The van der Waals surface area contributed by atoms with Gasteiger partial charge in [0.2, 0.25) is 0 Å². The zero-order valence-corrected chi connectivity index (χ0v) is 23.3. The summed E-state index contributed by atoms with van der Waals surface area (Å²) < 4.78 is 28.8. The Balaban J connectivity index is 0.000000757. The number of aromatic nitrogens is 2. The third-order valence-electron chi connectivity index (χ3n) is 5.21. The minimum absolute atomic E-state index is 0. The lowest BCUT2D eigenvalue weighted by molar-refractivity contribution is 0.598. The van der Waals surface area contributed by atoms with E-state index in [1.54, 1.807) is 30.5 Å². The fourth-order valence-electron chi connectivity index (χ4n) is 2.75. The molecular weight excluding hydrogens is 493 g/mol. The van der Waals surface area contributed by atoms with E-state index in [1.807, 2.05) is 64.0 Å². The van der Waals surface area contributed by atoms with Gasteiger partial charge in [-0.3, -0.25) is 9.97 Å². The zero-order chi connectivity index (χ0) is 24.6. The third-order valence-corrected chi connectivity index (χ3v) is 10.1. The minimum atomic E-state index is -3.62. The van der Waals surface area contributed by atoms with Crippen molar-refractivity contribution in [1.82, 2.24) is 9.97 Å². The summed E-state index contributed by atoms with van der Waals surface area (Å²) in [5.74, 6) is 0. The molecule has 1 aromatic carbocycles. The first-order valence-corrected chi connectivity index (χ1v) is 15.0. The Morgan fingerprint density at radius 1 is 0.857 bits per heavy atom. The fraction of sp³-hybridized carbons (Fsp3) is 0.385. The van der Waals surface area contributed by atoms with Crippen molar-refractivity contribution in [1.29, 1.82) is 0 Å². The second-order valence-electron chi connectivity index (χ2n) is 7.87. The molecule has 2 aromatic heterocycles. The van der Waals surface area contributed by atoms with Gasteiger partial charge in [-0.1, -0.05) is 47.9 Å². The zero-order valence-electron chi connectivity index (χ0n) is 20.9. The summed E-state index contributed by atoms with van der Waals surface area (Å²) in [5, 5.41) is 0.566. The molecule has 3 rings (SSSR count). The van der Waals surface area contributed by atoms with E-state index >= 15 is 0 Å². The average molecular weight is 531 g/mol. The van der Waals surface area contributed by atoms with E-state index in [4.69, 9.17) is 0 Å². The largest absolute Gasteiger partial charge is 0.287 e. The third kappa shape index (κ3) is 10.3. The average Bonchev–Trinajstić information content (AvgIpc) is 2.79. The van der Waals surface area contributed by atoms with Gasteiger partial charge in [0, 0.05) is 42.7 Å². The van der Waals surface area contributed by atoms with Crippen molar-refractivity contribution in [2.45, 2.75) is 57.4 Å². The molecule has 3 radical (unpaired) electrons. The van der Waals surface area contributed by atoms with E-state index in [0.717, 1.165) is 22.5 Å². The molecule has 9 heteroatoms. The molecule has 35 heavy (non-hydrogen) atoms. The second kappa shape index (κ2) is 15.2. The first kappa shape index (κ1) is 33.0. The van der Waals surface area contributed by atoms with Crippen LogP contribution < -0.4 is 0 Å². The summed E-state index contributed by atoms with van der Waals surface area (Å²) in [6.07, 6.45) is 7.70. The van der Waals surface area contributed by atoms with E-state index in [0.29, 0.717) is 5.25 Å². The first-order valence-electron chi connectivity index (χ1n) is 10.6. The maximum atomic E-state index is 12.4. The van der Waals surface area contributed by atoms with Crippen LogP contribution in [0.4, 0.5) is 0 Å². The van der Waals surface area contributed by atoms with Crippen LogP contribution in [0.2, 0.25) is 0 Å². The Hall–Kier alpha value is -1.97. The van der Waals surface area contributed by atoms with Gasteiger partial charge in [0.25, 0.3) is 10.0 Å². The lowest BCUT2D eigenvalue weighted by Gasteiger charge is -2.12. The van der Waals surface area contributed by atoms with Crippen LogP contribution in [0.5, 0.6) is 0 Å². The number of hydrogen-bond acceptors (Lipinski definition) is 5. The molecule has 3 atom stereocenters. The van der Waals surface area contributed by atoms with E-state index in [2.05, 4.69) is 39.0 Å². The summed E-state index contributed by atoms with van der Waals surface area (Å²) in [4.78, 5) is 8.74. The van der Waals surface area contributed by atoms with Crippen molar-refractivity contribution in [2.24, 2.45) is 3.77 Å². The Morgan fingerprint density at radius 2 is 1.34 bits per heavy atom. The summed E-state index contributed by atoms with van der Waals surface area (Å²) >= 11 is 1.84. The molecule has 2 heterocycles. The Labute approximate surface area is 221 Å². The minimum Gasteiger partial charge on any atom is -0.261 e. The summed E-state index contributed by atoms with van der Waals surface area (Å²) in [5.41, 5.74) is 5.36. The Bertz CT molecular complexity index is 1170. The molecule has 3 unspecified atom stereocenters. The first-order chi connectivity index (χ1) is 15.5. The molecule has 0 saturated heterocycles. The van der Waals surface area contributed by atoms with Crippen molar-refractivity contribution in [3.8, 4) is 0 Å². The predicted octanol–water partition coefficient (Wildman–Crippen LogP) is 6.65. The van der Waals surface area contributed by atoms with Gasteiger partial charge in [-0.15, -0.1) is 3.77 Å². The molecular formula is C26H37BN3O2S3. The van der Waals surface area contributed by atoms with Crippen LogP contribution in [0.3, 0.4) is 0 Å². The highest BCUT2D eigenvalue weighted by Crippen LogP contribution is 2.24. The molecule has 3 aromatic rings. The van der Waals surface area contributed by atoms with Crippen LogP contribution in [-0.4, -0.2) is 39.3 Å². The lowest BCUT2D eigenvalue weighted by atomic mass is 10.2.